The van der Waals surface area contributed by atoms with Gasteiger partial charge in [-0.1, -0.05) is 19.0 Å². The van der Waals surface area contributed by atoms with E-state index < -0.39 is 0 Å². The number of hydrogen-bond acceptors (Lipinski definition) is 3. The van der Waals surface area contributed by atoms with Crippen molar-refractivity contribution in [3.8, 4) is 0 Å². The molecule has 0 aromatic rings. The van der Waals surface area contributed by atoms with Gasteiger partial charge in [0.1, 0.15) is 6.61 Å². The number of oxime groups is 1. The SMILES string of the molecule is CC(C)CON=C1CCC(N(C)C)CC1. The van der Waals surface area contributed by atoms with Crippen molar-refractivity contribution in [1.82, 2.24) is 4.90 Å². The minimum atomic E-state index is 0.562. The van der Waals surface area contributed by atoms with Gasteiger partial charge in [0.05, 0.1) is 5.71 Å². The fourth-order valence-electron chi connectivity index (χ4n) is 1.82. The van der Waals surface area contributed by atoms with Crippen LogP contribution in [-0.2, 0) is 4.84 Å². The van der Waals surface area contributed by atoms with Gasteiger partial charge in [-0.15, -0.1) is 0 Å². The first-order valence-electron chi connectivity index (χ1n) is 5.93. The minimum absolute atomic E-state index is 0.562. The average molecular weight is 212 g/mol. The minimum Gasteiger partial charge on any atom is -0.396 e. The molecule has 0 aliphatic heterocycles. The summed E-state index contributed by atoms with van der Waals surface area (Å²) in [7, 11) is 4.31. The summed E-state index contributed by atoms with van der Waals surface area (Å²) < 4.78 is 0. The van der Waals surface area contributed by atoms with Crippen molar-refractivity contribution in [1.29, 1.82) is 0 Å². The Kier molecular flexibility index (Phi) is 5.09. The van der Waals surface area contributed by atoms with Gasteiger partial charge in [-0.25, -0.2) is 0 Å². The summed E-state index contributed by atoms with van der Waals surface area (Å²) in [5.74, 6) is 0.562. The van der Waals surface area contributed by atoms with E-state index in [9.17, 15) is 0 Å². The van der Waals surface area contributed by atoms with Crippen molar-refractivity contribution < 1.29 is 4.84 Å². The summed E-state index contributed by atoms with van der Waals surface area (Å²) in [6.45, 7) is 5.02. The molecule has 0 N–H and O–H groups in total. The summed E-state index contributed by atoms with van der Waals surface area (Å²) >= 11 is 0. The van der Waals surface area contributed by atoms with Crippen LogP contribution in [0.4, 0.5) is 0 Å². The highest BCUT2D eigenvalue weighted by molar-refractivity contribution is 5.84. The van der Waals surface area contributed by atoms with E-state index >= 15 is 0 Å². The molecule has 0 atom stereocenters. The Labute approximate surface area is 93.5 Å². The second-order valence-corrected chi connectivity index (χ2v) is 5.04. The largest absolute Gasteiger partial charge is 0.396 e. The van der Waals surface area contributed by atoms with E-state index in [1.807, 2.05) is 0 Å². The maximum absolute atomic E-state index is 5.30. The fraction of sp³-hybridized carbons (Fsp3) is 0.917. The molecule has 0 saturated heterocycles. The predicted molar refractivity (Wildman–Crippen MR) is 64.2 cm³/mol. The van der Waals surface area contributed by atoms with E-state index in [0.717, 1.165) is 25.5 Å². The zero-order valence-electron chi connectivity index (χ0n) is 10.5. The Morgan fingerprint density at radius 3 is 2.40 bits per heavy atom. The smallest absolute Gasteiger partial charge is 0.119 e. The van der Waals surface area contributed by atoms with Crippen LogP contribution in [0.25, 0.3) is 0 Å². The lowest BCUT2D eigenvalue weighted by atomic mass is 9.93. The van der Waals surface area contributed by atoms with Crippen molar-refractivity contribution in [3.05, 3.63) is 0 Å². The topological polar surface area (TPSA) is 24.8 Å². The normalized spacial score (nSPS) is 22.3. The van der Waals surface area contributed by atoms with Crippen LogP contribution in [0.1, 0.15) is 39.5 Å². The molecule has 3 heteroatoms. The van der Waals surface area contributed by atoms with Crippen LogP contribution in [0.5, 0.6) is 0 Å². The molecule has 1 aliphatic carbocycles. The third-order valence-electron chi connectivity index (χ3n) is 2.86. The molecule has 1 aliphatic rings. The first-order chi connectivity index (χ1) is 7.09. The Morgan fingerprint density at radius 2 is 1.93 bits per heavy atom. The summed E-state index contributed by atoms with van der Waals surface area (Å²) in [5, 5.41) is 4.22. The molecule has 1 fully saturated rings. The van der Waals surface area contributed by atoms with Crippen LogP contribution in [0, 0.1) is 5.92 Å². The first kappa shape index (κ1) is 12.5. The van der Waals surface area contributed by atoms with Gasteiger partial charge in [-0.05, 0) is 45.7 Å². The molecule has 15 heavy (non-hydrogen) atoms. The molecule has 88 valence electrons. The molecule has 0 spiro atoms. The summed E-state index contributed by atoms with van der Waals surface area (Å²) in [6.07, 6.45) is 4.63. The predicted octanol–water partition coefficient (Wildman–Crippen LogP) is 2.52. The molecule has 0 heterocycles. The van der Waals surface area contributed by atoms with Crippen LogP contribution >= 0.6 is 0 Å². The molecule has 1 rings (SSSR count). The van der Waals surface area contributed by atoms with Crippen LogP contribution in [0.3, 0.4) is 0 Å². The molecule has 0 radical (unpaired) electrons. The van der Waals surface area contributed by atoms with Gasteiger partial charge >= 0.3 is 0 Å². The maximum Gasteiger partial charge on any atom is 0.119 e. The van der Waals surface area contributed by atoms with Gasteiger partial charge in [0.2, 0.25) is 0 Å². The van der Waals surface area contributed by atoms with E-state index in [4.69, 9.17) is 4.84 Å². The third kappa shape index (κ3) is 4.65. The summed E-state index contributed by atoms with van der Waals surface area (Å²) in [6, 6.07) is 0.731. The van der Waals surface area contributed by atoms with E-state index in [-0.39, 0.29) is 0 Å². The molecule has 0 amide bonds. The van der Waals surface area contributed by atoms with Crippen molar-refractivity contribution in [2.75, 3.05) is 20.7 Å². The molecule has 3 nitrogen and oxygen atoms in total. The molecular weight excluding hydrogens is 188 g/mol. The molecular formula is C12H24N2O. The van der Waals surface area contributed by atoms with Gasteiger partial charge in [0.25, 0.3) is 0 Å². The number of nitrogens with zero attached hydrogens (tertiary/aromatic N) is 2. The van der Waals surface area contributed by atoms with E-state index in [1.165, 1.54) is 18.6 Å². The highest BCUT2D eigenvalue weighted by Crippen LogP contribution is 2.19. The molecule has 0 aromatic heterocycles. The van der Waals surface area contributed by atoms with Crippen molar-refractivity contribution in [3.63, 3.8) is 0 Å². The third-order valence-corrected chi connectivity index (χ3v) is 2.86. The lowest BCUT2D eigenvalue weighted by Crippen LogP contribution is -2.32. The van der Waals surface area contributed by atoms with Crippen LogP contribution in [-0.4, -0.2) is 37.4 Å². The quantitative estimate of drug-likeness (QED) is 0.669. The molecule has 0 bridgehead atoms. The summed E-state index contributed by atoms with van der Waals surface area (Å²) in [4.78, 5) is 7.62. The van der Waals surface area contributed by atoms with Crippen molar-refractivity contribution >= 4 is 5.71 Å². The van der Waals surface area contributed by atoms with Crippen LogP contribution in [0.15, 0.2) is 5.16 Å². The fourth-order valence-corrected chi connectivity index (χ4v) is 1.82. The van der Waals surface area contributed by atoms with Crippen LogP contribution < -0.4 is 0 Å². The standard InChI is InChI=1S/C12H24N2O/c1-10(2)9-15-13-11-5-7-12(8-6-11)14(3)4/h10,12H,5-9H2,1-4H3. The summed E-state index contributed by atoms with van der Waals surface area (Å²) in [5.41, 5.74) is 1.24. The Hall–Kier alpha value is -0.570. The average Bonchev–Trinajstić information content (AvgIpc) is 2.18. The van der Waals surface area contributed by atoms with Gasteiger partial charge < -0.3 is 9.74 Å². The van der Waals surface area contributed by atoms with Gasteiger partial charge in [-0.2, -0.15) is 0 Å². The maximum atomic E-state index is 5.30. The lowest BCUT2D eigenvalue weighted by molar-refractivity contribution is 0.116. The molecule has 1 saturated carbocycles. The Balaban J connectivity index is 2.24. The highest BCUT2D eigenvalue weighted by atomic mass is 16.6. The second kappa shape index (κ2) is 6.11. The highest BCUT2D eigenvalue weighted by Gasteiger charge is 2.19. The monoisotopic (exact) mass is 212 g/mol. The van der Waals surface area contributed by atoms with Gasteiger partial charge in [0, 0.05) is 6.04 Å². The van der Waals surface area contributed by atoms with Crippen molar-refractivity contribution in [2.24, 2.45) is 11.1 Å². The van der Waals surface area contributed by atoms with Gasteiger partial charge in [0.15, 0.2) is 0 Å². The first-order valence-corrected chi connectivity index (χ1v) is 5.93. The second-order valence-electron chi connectivity index (χ2n) is 5.04. The molecule has 0 unspecified atom stereocenters. The van der Waals surface area contributed by atoms with E-state index in [2.05, 4.69) is 38.0 Å². The van der Waals surface area contributed by atoms with Gasteiger partial charge in [-0.3, -0.25) is 0 Å². The zero-order valence-corrected chi connectivity index (χ0v) is 10.5. The number of hydrogen-bond donors (Lipinski definition) is 0. The lowest BCUT2D eigenvalue weighted by Gasteiger charge is -2.28. The van der Waals surface area contributed by atoms with Crippen LogP contribution in [0.2, 0.25) is 0 Å². The Bertz CT molecular complexity index is 202. The van der Waals surface area contributed by atoms with E-state index in [0.29, 0.717) is 5.92 Å². The van der Waals surface area contributed by atoms with E-state index in [1.54, 1.807) is 0 Å². The zero-order chi connectivity index (χ0) is 11.3. The Morgan fingerprint density at radius 1 is 1.33 bits per heavy atom. The molecule has 0 aromatic carbocycles. The number of rotatable bonds is 4. The van der Waals surface area contributed by atoms with Crippen molar-refractivity contribution in [2.45, 2.75) is 45.6 Å².